The van der Waals surface area contributed by atoms with Gasteiger partial charge in [0, 0.05) is 0 Å². The summed E-state index contributed by atoms with van der Waals surface area (Å²) in [6.07, 6.45) is -0.426. The van der Waals surface area contributed by atoms with Crippen LogP contribution in [0.25, 0.3) is 0 Å². The van der Waals surface area contributed by atoms with Gasteiger partial charge in [0.2, 0.25) is 23.6 Å². The second-order valence-electron chi connectivity index (χ2n) is 8.91. The predicted molar refractivity (Wildman–Crippen MR) is 121 cm³/mol. The molecule has 194 valence electrons. The molecule has 5 N–H and O–H groups in total. The second kappa shape index (κ2) is 14.7. The quantitative estimate of drug-likeness (QED) is 0.216. The van der Waals surface area contributed by atoms with Crippen LogP contribution in [0.5, 0.6) is 0 Å². The van der Waals surface area contributed by atoms with Crippen LogP contribution >= 0.6 is 0 Å². The van der Waals surface area contributed by atoms with Crippen LogP contribution in [0.15, 0.2) is 0 Å². The molecule has 0 spiro atoms. The monoisotopic (exact) mass is 487 g/mol. The molecule has 0 bridgehead atoms. The molecule has 13 heteroatoms. The molecule has 0 aliphatic rings. The number of rotatable bonds is 12. The minimum Gasteiger partial charge on any atom is -0.468 e. The van der Waals surface area contributed by atoms with Crippen molar-refractivity contribution in [2.24, 2.45) is 5.92 Å². The third-order valence-corrected chi connectivity index (χ3v) is 3.99. The molecule has 0 unspecified atom stereocenters. The maximum Gasteiger partial charge on any atom is 0.408 e. The summed E-state index contributed by atoms with van der Waals surface area (Å²) in [6, 6.07) is -1.86. The van der Waals surface area contributed by atoms with E-state index in [9.17, 15) is 28.8 Å². The van der Waals surface area contributed by atoms with Crippen molar-refractivity contribution < 1.29 is 38.2 Å². The lowest BCUT2D eigenvalue weighted by Gasteiger charge is -2.24. The molecule has 2 atom stereocenters. The van der Waals surface area contributed by atoms with E-state index in [0.717, 1.165) is 0 Å². The van der Waals surface area contributed by atoms with Gasteiger partial charge in [-0.15, -0.1) is 0 Å². The first-order valence-electron chi connectivity index (χ1n) is 10.8. The molecular weight excluding hydrogens is 450 g/mol. The van der Waals surface area contributed by atoms with Crippen molar-refractivity contribution >= 4 is 35.7 Å². The van der Waals surface area contributed by atoms with Crippen LogP contribution in [0, 0.1) is 5.92 Å². The number of hydrogen-bond donors (Lipinski definition) is 5. The molecule has 0 rings (SSSR count). The first-order chi connectivity index (χ1) is 15.6. The normalized spacial score (nSPS) is 12.6. The van der Waals surface area contributed by atoms with Gasteiger partial charge in [-0.2, -0.15) is 0 Å². The van der Waals surface area contributed by atoms with Crippen LogP contribution in [0.3, 0.4) is 0 Å². The average Bonchev–Trinajstić information content (AvgIpc) is 2.71. The van der Waals surface area contributed by atoms with E-state index in [0.29, 0.717) is 6.42 Å². The van der Waals surface area contributed by atoms with Gasteiger partial charge >= 0.3 is 12.1 Å². The Morgan fingerprint density at radius 1 is 0.765 bits per heavy atom. The lowest BCUT2D eigenvalue weighted by molar-refractivity contribution is -0.141. The molecule has 34 heavy (non-hydrogen) atoms. The number of carbonyl (C=O) groups excluding carboxylic acids is 6. The van der Waals surface area contributed by atoms with Crippen molar-refractivity contribution in [3.63, 3.8) is 0 Å². The van der Waals surface area contributed by atoms with E-state index in [1.807, 2.05) is 13.8 Å². The van der Waals surface area contributed by atoms with Crippen molar-refractivity contribution in [1.29, 1.82) is 0 Å². The molecule has 0 aromatic rings. The number of ether oxygens (including phenoxy) is 2. The van der Waals surface area contributed by atoms with Crippen LogP contribution in [0.4, 0.5) is 4.79 Å². The molecule has 0 aliphatic heterocycles. The molecule has 0 saturated carbocycles. The maximum atomic E-state index is 12.5. The highest BCUT2D eigenvalue weighted by atomic mass is 16.6. The molecule has 0 aromatic heterocycles. The SMILES string of the molecule is COC(=O)CNC(=O)[C@H](C)NC(=O)CNC(=O)CNC(=O)[C@H](CC(C)C)NC(=O)OC(C)(C)C. The van der Waals surface area contributed by atoms with Crippen molar-refractivity contribution in [3.8, 4) is 0 Å². The van der Waals surface area contributed by atoms with Gasteiger partial charge in [0.05, 0.1) is 20.2 Å². The Balaban J connectivity index is 4.52. The number of carbonyl (C=O) groups is 6. The molecule has 0 saturated heterocycles. The summed E-state index contributed by atoms with van der Waals surface area (Å²) < 4.78 is 9.56. The molecule has 13 nitrogen and oxygen atoms in total. The zero-order valence-corrected chi connectivity index (χ0v) is 20.8. The Morgan fingerprint density at radius 3 is 1.85 bits per heavy atom. The molecule has 0 heterocycles. The van der Waals surface area contributed by atoms with Crippen LogP contribution in [-0.2, 0) is 33.4 Å². The molecule has 0 aliphatic carbocycles. The number of hydrogen-bond acceptors (Lipinski definition) is 8. The van der Waals surface area contributed by atoms with Gasteiger partial charge in [0.25, 0.3) is 0 Å². The first-order valence-corrected chi connectivity index (χ1v) is 10.8. The number of alkyl carbamates (subject to hydrolysis) is 1. The van der Waals surface area contributed by atoms with Gasteiger partial charge in [-0.1, -0.05) is 13.8 Å². The van der Waals surface area contributed by atoms with E-state index in [1.54, 1.807) is 20.8 Å². The summed E-state index contributed by atoms with van der Waals surface area (Å²) in [5.74, 6) is -3.04. The lowest BCUT2D eigenvalue weighted by Crippen LogP contribution is -2.51. The highest BCUT2D eigenvalue weighted by Gasteiger charge is 2.25. The minimum absolute atomic E-state index is 0.0787. The summed E-state index contributed by atoms with van der Waals surface area (Å²) in [5.41, 5.74) is -0.733. The average molecular weight is 488 g/mol. The van der Waals surface area contributed by atoms with E-state index in [4.69, 9.17) is 4.74 Å². The van der Waals surface area contributed by atoms with Gasteiger partial charge in [-0.05, 0) is 40.0 Å². The zero-order valence-electron chi connectivity index (χ0n) is 20.8. The Hall–Kier alpha value is -3.38. The summed E-state index contributed by atoms with van der Waals surface area (Å²) >= 11 is 0. The van der Waals surface area contributed by atoms with E-state index in [-0.39, 0.29) is 12.5 Å². The lowest BCUT2D eigenvalue weighted by atomic mass is 10.0. The van der Waals surface area contributed by atoms with E-state index >= 15 is 0 Å². The van der Waals surface area contributed by atoms with Gasteiger partial charge in [0.15, 0.2) is 0 Å². The molecule has 0 radical (unpaired) electrons. The number of nitrogens with one attached hydrogen (secondary N) is 5. The Morgan fingerprint density at radius 2 is 1.32 bits per heavy atom. The summed E-state index contributed by atoms with van der Waals surface area (Å²) in [6.45, 7) is 9.03. The van der Waals surface area contributed by atoms with Gasteiger partial charge in [-0.25, -0.2) is 4.79 Å². The Labute approximate surface area is 199 Å². The summed E-state index contributed by atoms with van der Waals surface area (Å²) in [5, 5.41) is 11.9. The van der Waals surface area contributed by atoms with Crippen LogP contribution in [0.2, 0.25) is 0 Å². The molecular formula is C21H37N5O8. The maximum absolute atomic E-state index is 12.5. The predicted octanol–water partition coefficient (Wildman–Crippen LogP) is -1.05. The van der Waals surface area contributed by atoms with Gasteiger partial charge < -0.3 is 36.1 Å². The fourth-order valence-corrected chi connectivity index (χ4v) is 2.43. The van der Waals surface area contributed by atoms with Gasteiger partial charge in [-0.3, -0.25) is 24.0 Å². The fourth-order valence-electron chi connectivity index (χ4n) is 2.43. The molecule has 0 aromatic carbocycles. The highest BCUT2D eigenvalue weighted by molar-refractivity contribution is 5.92. The second-order valence-corrected chi connectivity index (χ2v) is 8.91. The largest absolute Gasteiger partial charge is 0.468 e. The van der Waals surface area contributed by atoms with E-state index in [2.05, 4.69) is 31.3 Å². The topological polar surface area (TPSA) is 181 Å². The van der Waals surface area contributed by atoms with Crippen LogP contribution < -0.4 is 26.6 Å². The summed E-state index contributed by atoms with van der Waals surface area (Å²) in [4.78, 5) is 71.2. The van der Waals surface area contributed by atoms with Crippen LogP contribution in [-0.4, -0.2) is 80.1 Å². The highest BCUT2D eigenvalue weighted by Crippen LogP contribution is 2.09. The van der Waals surface area contributed by atoms with E-state index < -0.39 is 66.5 Å². The standard InChI is InChI=1S/C21H37N5O8/c1-12(2)8-14(26-20(32)34-21(4,5)6)19(31)23-9-15(27)22-10-16(28)25-13(3)18(30)24-11-17(29)33-7/h12-14H,8-11H2,1-7H3,(H,22,27)(H,23,31)(H,24,30)(H,25,28)(H,26,32)/t13-,14-/m0/s1. The first kappa shape index (κ1) is 30.6. The Kier molecular flexibility index (Phi) is 13.2. The fraction of sp³-hybridized carbons (Fsp3) is 0.714. The third kappa shape index (κ3) is 14.6. The van der Waals surface area contributed by atoms with E-state index in [1.165, 1.54) is 14.0 Å². The summed E-state index contributed by atoms with van der Waals surface area (Å²) in [7, 11) is 1.17. The van der Waals surface area contributed by atoms with Crippen molar-refractivity contribution in [3.05, 3.63) is 0 Å². The Bertz CT molecular complexity index is 748. The third-order valence-electron chi connectivity index (χ3n) is 3.99. The molecule has 5 amide bonds. The number of amides is 5. The van der Waals surface area contributed by atoms with Crippen molar-refractivity contribution in [2.75, 3.05) is 26.7 Å². The van der Waals surface area contributed by atoms with Crippen molar-refractivity contribution in [1.82, 2.24) is 26.6 Å². The van der Waals surface area contributed by atoms with Crippen LogP contribution in [0.1, 0.15) is 48.0 Å². The number of methoxy groups -OCH3 is 1. The minimum atomic E-state index is -0.954. The van der Waals surface area contributed by atoms with Gasteiger partial charge in [0.1, 0.15) is 24.2 Å². The zero-order chi connectivity index (χ0) is 26.5. The molecule has 0 fully saturated rings. The number of esters is 1. The van der Waals surface area contributed by atoms with Crippen molar-refractivity contribution in [2.45, 2.75) is 65.6 Å². The smallest absolute Gasteiger partial charge is 0.408 e.